The fourth-order valence-electron chi connectivity index (χ4n) is 2.96. The first-order valence-corrected chi connectivity index (χ1v) is 11.2. The van der Waals surface area contributed by atoms with E-state index in [1.54, 1.807) is 6.92 Å². The van der Waals surface area contributed by atoms with Crippen LogP contribution >= 0.6 is 11.3 Å². The molecule has 2 aromatic heterocycles. The summed E-state index contributed by atoms with van der Waals surface area (Å²) < 4.78 is 21.0. The van der Waals surface area contributed by atoms with Gasteiger partial charge in [-0.1, -0.05) is 6.92 Å². The van der Waals surface area contributed by atoms with Crippen molar-refractivity contribution in [2.45, 2.75) is 26.9 Å². The summed E-state index contributed by atoms with van der Waals surface area (Å²) in [6.45, 7) is 3.58. The monoisotopic (exact) mass is 502 g/mol. The molecule has 2 heterocycles. The molecule has 0 fully saturated rings. The van der Waals surface area contributed by atoms with E-state index >= 15 is 0 Å². The van der Waals surface area contributed by atoms with Crippen molar-refractivity contribution >= 4 is 39.9 Å². The van der Waals surface area contributed by atoms with E-state index in [2.05, 4.69) is 5.32 Å². The minimum Gasteiger partial charge on any atom is -0.486 e. The second-order valence-electron chi connectivity index (χ2n) is 7.15. The number of furan rings is 1. The molecule has 1 aromatic carbocycles. The minimum absolute atomic E-state index is 0.0235. The van der Waals surface area contributed by atoms with Gasteiger partial charge in [0.2, 0.25) is 0 Å². The number of thiophene rings is 1. The van der Waals surface area contributed by atoms with Gasteiger partial charge in [0.05, 0.1) is 24.2 Å². The van der Waals surface area contributed by atoms with Crippen LogP contribution in [0, 0.1) is 17.0 Å². The number of methoxy groups -OCH3 is 1. The standard InChI is InChI=1S/C23H22N2O9S/c1-4-11-32-22(27)18-13(2)19(23(28)31-3)35-21(18)24-20(26)17-10-9-16(34-17)12-33-15-7-5-14(6-8-15)25(29)30/h5-10H,4,11-12H2,1-3H3,(H,24,26). The predicted octanol–water partition coefficient (Wildman–Crippen LogP) is 4.74. The number of esters is 2. The molecule has 0 spiro atoms. The van der Waals surface area contributed by atoms with Crippen LogP contribution in [-0.2, 0) is 16.1 Å². The van der Waals surface area contributed by atoms with Crippen LogP contribution in [0.3, 0.4) is 0 Å². The summed E-state index contributed by atoms with van der Waals surface area (Å²) in [6, 6.07) is 8.49. The largest absolute Gasteiger partial charge is 0.486 e. The second-order valence-corrected chi connectivity index (χ2v) is 8.17. The highest BCUT2D eigenvalue weighted by molar-refractivity contribution is 7.18. The lowest BCUT2D eigenvalue weighted by Gasteiger charge is -2.07. The van der Waals surface area contributed by atoms with Crippen LogP contribution in [-0.4, -0.2) is 36.5 Å². The Hall–Kier alpha value is -4.19. The van der Waals surface area contributed by atoms with Gasteiger partial charge in [0.25, 0.3) is 11.6 Å². The maximum atomic E-state index is 12.8. The van der Waals surface area contributed by atoms with E-state index < -0.39 is 22.8 Å². The van der Waals surface area contributed by atoms with E-state index in [9.17, 15) is 24.5 Å². The summed E-state index contributed by atoms with van der Waals surface area (Å²) in [5, 5.41) is 13.5. The molecule has 3 aromatic rings. The lowest BCUT2D eigenvalue weighted by molar-refractivity contribution is -0.384. The fourth-order valence-corrected chi connectivity index (χ4v) is 4.07. The number of carbonyl (C=O) groups is 3. The summed E-state index contributed by atoms with van der Waals surface area (Å²) in [6.07, 6.45) is 0.609. The van der Waals surface area contributed by atoms with Gasteiger partial charge in [0.15, 0.2) is 5.76 Å². The Balaban J connectivity index is 1.73. The molecule has 0 aliphatic heterocycles. The van der Waals surface area contributed by atoms with Crippen LogP contribution in [0.1, 0.15) is 55.3 Å². The number of carbonyl (C=O) groups excluding carboxylic acids is 3. The van der Waals surface area contributed by atoms with Crippen molar-refractivity contribution in [3.8, 4) is 5.75 Å². The molecule has 12 heteroatoms. The first kappa shape index (κ1) is 25.4. The molecule has 1 amide bonds. The maximum absolute atomic E-state index is 12.8. The van der Waals surface area contributed by atoms with Crippen molar-refractivity contribution in [1.29, 1.82) is 0 Å². The van der Waals surface area contributed by atoms with Gasteiger partial charge in [-0.05, 0) is 43.2 Å². The number of amides is 1. The molecule has 0 saturated heterocycles. The molecular formula is C23H22N2O9S. The molecule has 3 rings (SSSR count). The number of hydrogen-bond acceptors (Lipinski definition) is 10. The number of nitrogens with zero attached hydrogens (tertiary/aromatic N) is 1. The van der Waals surface area contributed by atoms with Gasteiger partial charge >= 0.3 is 11.9 Å². The number of nitrogens with one attached hydrogen (secondary N) is 1. The number of non-ortho nitro benzene ring substituents is 1. The summed E-state index contributed by atoms with van der Waals surface area (Å²) >= 11 is 0.899. The van der Waals surface area contributed by atoms with E-state index in [1.165, 1.54) is 43.5 Å². The number of nitro groups is 1. The van der Waals surface area contributed by atoms with E-state index in [-0.39, 0.29) is 40.1 Å². The quantitative estimate of drug-likeness (QED) is 0.236. The molecule has 1 N–H and O–H groups in total. The highest BCUT2D eigenvalue weighted by Gasteiger charge is 2.28. The van der Waals surface area contributed by atoms with Gasteiger partial charge in [0.1, 0.15) is 28.0 Å². The molecule has 35 heavy (non-hydrogen) atoms. The Kier molecular flexibility index (Phi) is 8.21. The number of rotatable bonds is 10. The Bertz CT molecular complexity index is 1240. The van der Waals surface area contributed by atoms with Crippen molar-refractivity contribution < 1.29 is 37.9 Å². The number of hydrogen-bond donors (Lipinski definition) is 1. The van der Waals surface area contributed by atoms with Gasteiger partial charge in [-0.25, -0.2) is 9.59 Å². The molecule has 0 radical (unpaired) electrons. The fraction of sp³-hybridized carbons (Fsp3) is 0.261. The minimum atomic E-state index is -0.664. The zero-order valence-electron chi connectivity index (χ0n) is 19.1. The maximum Gasteiger partial charge on any atom is 0.348 e. The third-order valence-corrected chi connectivity index (χ3v) is 5.89. The molecular weight excluding hydrogens is 480 g/mol. The lowest BCUT2D eigenvalue weighted by Crippen LogP contribution is -2.14. The van der Waals surface area contributed by atoms with Crippen molar-refractivity contribution in [3.63, 3.8) is 0 Å². The third-order valence-electron chi connectivity index (χ3n) is 4.70. The zero-order chi connectivity index (χ0) is 25.5. The topological polar surface area (TPSA) is 147 Å². The van der Waals surface area contributed by atoms with Gasteiger partial charge in [-0.2, -0.15) is 0 Å². The van der Waals surface area contributed by atoms with Gasteiger partial charge in [0, 0.05) is 12.1 Å². The Morgan fingerprint density at radius 3 is 2.46 bits per heavy atom. The summed E-state index contributed by atoms with van der Waals surface area (Å²) in [7, 11) is 1.22. The first-order chi connectivity index (χ1) is 16.7. The van der Waals surface area contributed by atoms with E-state index in [1.807, 2.05) is 6.92 Å². The molecule has 0 aliphatic carbocycles. The molecule has 184 valence electrons. The molecule has 0 unspecified atom stereocenters. The number of ether oxygens (including phenoxy) is 3. The van der Waals surface area contributed by atoms with Crippen LogP contribution in [0.25, 0.3) is 0 Å². The first-order valence-electron chi connectivity index (χ1n) is 10.4. The van der Waals surface area contributed by atoms with E-state index in [0.717, 1.165) is 11.3 Å². The van der Waals surface area contributed by atoms with Crippen LogP contribution in [0.4, 0.5) is 10.7 Å². The second kappa shape index (κ2) is 11.3. The van der Waals surface area contributed by atoms with Gasteiger partial charge in [-0.15, -0.1) is 11.3 Å². The Morgan fingerprint density at radius 1 is 1.11 bits per heavy atom. The van der Waals surface area contributed by atoms with Crippen molar-refractivity contribution in [2.75, 3.05) is 19.0 Å². The predicted molar refractivity (Wildman–Crippen MR) is 125 cm³/mol. The Labute approximate surface area is 203 Å². The van der Waals surface area contributed by atoms with Gasteiger partial charge in [-0.3, -0.25) is 14.9 Å². The lowest BCUT2D eigenvalue weighted by atomic mass is 10.1. The van der Waals surface area contributed by atoms with Crippen LogP contribution in [0.2, 0.25) is 0 Å². The molecule has 11 nitrogen and oxygen atoms in total. The average Bonchev–Trinajstić information content (AvgIpc) is 3.45. The third kappa shape index (κ3) is 6.03. The summed E-state index contributed by atoms with van der Waals surface area (Å²) in [4.78, 5) is 47.8. The highest BCUT2D eigenvalue weighted by atomic mass is 32.1. The van der Waals surface area contributed by atoms with Crippen LogP contribution < -0.4 is 10.1 Å². The van der Waals surface area contributed by atoms with E-state index in [0.29, 0.717) is 23.5 Å². The number of nitro benzene ring substituents is 1. The number of benzene rings is 1. The summed E-state index contributed by atoms with van der Waals surface area (Å²) in [5.41, 5.74) is 0.354. The Morgan fingerprint density at radius 2 is 1.83 bits per heavy atom. The average molecular weight is 503 g/mol. The van der Waals surface area contributed by atoms with Crippen LogP contribution in [0.5, 0.6) is 5.75 Å². The summed E-state index contributed by atoms with van der Waals surface area (Å²) in [5.74, 6) is -1.28. The molecule has 0 aliphatic rings. The zero-order valence-corrected chi connectivity index (χ0v) is 19.9. The van der Waals surface area contributed by atoms with E-state index in [4.69, 9.17) is 18.6 Å². The molecule has 0 bridgehead atoms. The normalized spacial score (nSPS) is 10.5. The SMILES string of the molecule is CCCOC(=O)c1c(NC(=O)c2ccc(COc3ccc([N+](=O)[O-])cc3)o2)sc(C(=O)OC)c1C. The molecule has 0 atom stereocenters. The van der Waals surface area contributed by atoms with Crippen molar-refractivity contribution in [3.05, 3.63) is 74.0 Å². The van der Waals surface area contributed by atoms with Gasteiger partial charge < -0.3 is 23.9 Å². The smallest absolute Gasteiger partial charge is 0.348 e. The molecule has 0 saturated carbocycles. The van der Waals surface area contributed by atoms with Crippen molar-refractivity contribution in [2.24, 2.45) is 0 Å². The highest BCUT2D eigenvalue weighted by Crippen LogP contribution is 2.34. The van der Waals surface area contributed by atoms with Crippen LogP contribution in [0.15, 0.2) is 40.8 Å². The number of anilines is 1. The van der Waals surface area contributed by atoms with Crippen molar-refractivity contribution in [1.82, 2.24) is 0 Å².